The lowest BCUT2D eigenvalue weighted by Crippen LogP contribution is -2.21. The summed E-state index contributed by atoms with van der Waals surface area (Å²) >= 11 is 0. The highest BCUT2D eigenvalue weighted by atomic mass is 16.1. The molecular weight excluding hydrogens is 162 g/mol. The van der Waals surface area contributed by atoms with Crippen LogP contribution in [0.2, 0.25) is 0 Å². The first-order valence-corrected chi connectivity index (χ1v) is 4.63. The van der Waals surface area contributed by atoms with Gasteiger partial charge in [0.1, 0.15) is 0 Å². The van der Waals surface area contributed by atoms with Crippen LogP contribution in [-0.4, -0.2) is 12.5 Å². The number of terminal acetylenes is 1. The Labute approximate surface area is 79.4 Å². The molecule has 0 bridgehead atoms. The maximum atomic E-state index is 11.2. The first-order valence-electron chi connectivity index (χ1n) is 4.63. The highest BCUT2D eigenvalue weighted by Crippen LogP contribution is 2.29. The molecular formula is C11H15NO. The van der Waals surface area contributed by atoms with Crippen molar-refractivity contribution in [1.82, 2.24) is 5.32 Å². The smallest absolute Gasteiger partial charge is 0.244 e. The second kappa shape index (κ2) is 4.71. The molecule has 0 aromatic rings. The van der Waals surface area contributed by atoms with E-state index in [2.05, 4.69) is 18.2 Å². The topological polar surface area (TPSA) is 29.1 Å². The Hall–Kier alpha value is -1.23. The minimum absolute atomic E-state index is 0.0537. The highest BCUT2D eigenvalue weighted by Gasteiger charge is 2.15. The SMILES string of the molecule is C#CCNC(=O)/C=C1/CCC(C)C1. The molecule has 2 heteroatoms. The van der Waals surface area contributed by atoms with Crippen molar-refractivity contribution in [2.24, 2.45) is 5.92 Å². The maximum absolute atomic E-state index is 11.2. The van der Waals surface area contributed by atoms with Crippen molar-refractivity contribution in [3.05, 3.63) is 11.6 Å². The summed E-state index contributed by atoms with van der Waals surface area (Å²) in [6.07, 6.45) is 10.0. The standard InChI is InChI=1S/C11H15NO/c1-3-6-12-11(13)8-10-5-4-9(2)7-10/h1,8-9H,4-7H2,2H3,(H,12,13)/b10-8-. The van der Waals surface area contributed by atoms with Crippen LogP contribution in [0.15, 0.2) is 11.6 Å². The third kappa shape index (κ3) is 3.33. The lowest BCUT2D eigenvalue weighted by molar-refractivity contribution is -0.116. The molecule has 1 rings (SSSR count). The van der Waals surface area contributed by atoms with E-state index >= 15 is 0 Å². The van der Waals surface area contributed by atoms with E-state index in [9.17, 15) is 4.79 Å². The minimum Gasteiger partial charge on any atom is -0.342 e. The Morgan fingerprint density at radius 2 is 2.62 bits per heavy atom. The van der Waals surface area contributed by atoms with E-state index in [4.69, 9.17) is 6.42 Å². The van der Waals surface area contributed by atoms with E-state index in [-0.39, 0.29) is 5.91 Å². The van der Waals surface area contributed by atoms with Crippen LogP contribution in [0.25, 0.3) is 0 Å². The monoisotopic (exact) mass is 177 g/mol. The molecule has 1 saturated carbocycles. The van der Waals surface area contributed by atoms with Crippen molar-refractivity contribution >= 4 is 5.91 Å². The van der Waals surface area contributed by atoms with Crippen LogP contribution in [-0.2, 0) is 4.79 Å². The molecule has 1 amide bonds. The molecule has 1 unspecified atom stereocenters. The van der Waals surface area contributed by atoms with Gasteiger partial charge in [0.2, 0.25) is 5.91 Å². The van der Waals surface area contributed by atoms with Crippen molar-refractivity contribution < 1.29 is 4.79 Å². The molecule has 70 valence electrons. The van der Waals surface area contributed by atoms with E-state index in [1.54, 1.807) is 6.08 Å². The van der Waals surface area contributed by atoms with Gasteiger partial charge in [0.05, 0.1) is 6.54 Å². The Balaban J connectivity index is 2.38. The molecule has 13 heavy (non-hydrogen) atoms. The number of allylic oxidation sites excluding steroid dienone is 1. The van der Waals surface area contributed by atoms with Crippen LogP contribution in [0.4, 0.5) is 0 Å². The fourth-order valence-corrected chi connectivity index (χ4v) is 1.59. The summed E-state index contributed by atoms with van der Waals surface area (Å²) in [4.78, 5) is 11.2. The van der Waals surface area contributed by atoms with Crippen LogP contribution in [0.5, 0.6) is 0 Å². The van der Waals surface area contributed by atoms with Gasteiger partial charge < -0.3 is 5.32 Å². The van der Waals surface area contributed by atoms with Crippen molar-refractivity contribution in [3.8, 4) is 12.3 Å². The first-order chi connectivity index (χ1) is 6.22. The number of hydrogen-bond acceptors (Lipinski definition) is 1. The summed E-state index contributed by atoms with van der Waals surface area (Å²) in [6, 6.07) is 0. The Kier molecular flexibility index (Phi) is 3.57. The van der Waals surface area contributed by atoms with Crippen LogP contribution in [0.3, 0.4) is 0 Å². The van der Waals surface area contributed by atoms with Crippen molar-refractivity contribution in [3.63, 3.8) is 0 Å². The Bertz CT molecular complexity index is 260. The average Bonchev–Trinajstić information content (AvgIpc) is 2.48. The van der Waals surface area contributed by atoms with Gasteiger partial charge in [-0.3, -0.25) is 4.79 Å². The first kappa shape index (κ1) is 9.85. The zero-order valence-electron chi connectivity index (χ0n) is 7.97. The summed E-state index contributed by atoms with van der Waals surface area (Å²) in [5, 5.41) is 2.62. The summed E-state index contributed by atoms with van der Waals surface area (Å²) in [5.41, 5.74) is 1.25. The van der Waals surface area contributed by atoms with Gasteiger partial charge in [-0.05, 0) is 25.2 Å². The van der Waals surface area contributed by atoms with Gasteiger partial charge in [0, 0.05) is 6.08 Å². The number of hydrogen-bond donors (Lipinski definition) is 1. The van der Waals surface area contributed by atoms with Crippen LogP contribution in [0.1, 0.15) is 26.2 Å². The average molecular weight is 177 g/mol. The van der Waals surface area contributed by atoms with Crippen LogP contribution in [0, 0.1) is 18.3 Å². The molecule has 0 aromatic heterocycles. The summed E-state index contributed by atoms with van der Waals surface area (Å²) < 4.78 is 0. The summed E-state index contributed by atoms with van der Waals surface area (Å²) in [6.45, 7) is 2.53. The van der Waals surface area contributed by atoms with Gasteiger partial charge in [-0.15, -0.1) is 6.42 Å². The molecule has 0 spiro atoms. The molecule has 0 aliphatic heterocycles. The predicted octanol–water partition coefficient (Wildman–Crippen LogP) is 1.48. The number of nitrogens with one attached hydrogen (secondary N) is 1. The fourth-order valence-electron chi connectivity index (χ4n) is 1.59. The van der Waals surface area contributed by atoms with E-state index in [1.807, 2.05) is 0 Å². The van der Waals surface area contributed by atoms with Gasteiger partial charge in [0.15, 0.2) is 0 Å². The third-order valence-electron chi connectivity index (χ3n) is 2.27. The third-order valence-corrected chi connectivity index (χ3v) is 2.27. The molecule has 0 aromatic carbocycles. The summed E-state index contributed by atoms with van der Waals surface area (Å²) in [7, 11) is 0. The lowest BCUT2D eigenvalue weighted by atomic mass is 10.1. The van der Waals surface area contributed by atoms with Crippen molar-refractivity contribution in [2.75, 3.05) is 6.54 Å². The van der Waals surface area contributed by atoms with Gasteiger partial charge in [-0.25, -0.2) is 0 Å². The fraction of sp³-hybridized carbons (Fsp3) is 0.545. The zero-order valence-corrected chi connectivity index (χ0v) is 7.97. The zero-order chi connectivity index (χ0) is 9.68. The van der Waals surface area contributed by atoms with E-state index in [0.717, 1.165) is 18.8 Å². The van der Waals surface area contributed by atoms with Crippen LogP contribution < -0.4 is 5.32 Å². The van der Waals surface area contributed by atoms with Gasteiger partial charge in [0.25, 0.3) is 0 Å². The molecule has 1 atom stereocenters. The lowest BCUT2D eigenvalue weighted by Gasteiger charge is -1.98. The quantitative estimate of drug-likeness (QED) is 0.502. The number of carbonyl (C=O) groups excluding carboxylic acids is 1. The van der Waals surface area contributed by atoms with E-state index in [1.165, 1.54) is 12.0 Å². The Morgan fingerprint density at radius 1 is 1.85 bits per heavy atom. The van der Waals surface area contributed by atoms with Gasteiger partial charge in [-0.1, -0.05) is 18.4 Å². The second-order valence-electron chi connectivity index (χ2n) is 3.57. The highest BCUT2D eigenvalue weighted by molar-refractivity contribution is 5.88. The molecule has 2 nitrogen and oxygen atoms in total. The molecule has 0 heterocycles. The molecule has 1 aliphatic carbocycles. The minimum atomic E-state index is -0.0537. The number of rotatable bonds is 2. The Morgan fingerprint density at radius 3 is 3.15 bits per heavy atom. The van der Waals surface area contributed by atoms with E-state index in [0.29, 0.717) is 6.54 Å². The largest absolute Gasteiger partial charge is 0.342 e. The van der Waals surface area contributed by atoms with Crippen molar-refractivity contribution in [1.29, 1.82) is 0 Å². The maximum Gasteiger partial charge on any atom is 0.244 e. The molecule has 1 fully saturated rings. The predicted molar refractivity (Wildman–Crippen MR) is 52.9 cm³/mol. The normalized spacial score (nSPS) is 24.3. The van der Waals surface area contributed by atoms with E-state index < -0.39 is 0 Å². The second-order valence-corrected chi connectivity index (χ2v) is 3.57. The van der Waals surface area contributed by atoms with Crippen LogP contribution >= 0.6 is 0 Å². The van der Waals surface area contributed by atoms with Gasteiger partial charge >= 0.3 is 0 Å². The number of amides is 1. The molecule has 1 N–H and O–H groups in total. The van der Waals surface area contributed by atoms with Gasteiger partial charge in [-0.2, -0.15) is 0 Å². The molecule has 1 aliphatic rings. The molecule has 0 radical (unpaired) electrons. The van der Waals surface area contributed by atoms with Crippen molar-refractivity contribution in [2.45, 2.75) is 26.2 Å². The molecule has 0 saturated heterocycles. The summed E-state index contributed by atoms with van der Waals surface area (Å²) in [5.74, 6) is 3.05. The number of carbonyl (C=O) groups is 1.